The topological polar surface area (TPSA) is 40.0 Å². The van der Waals surface area contributed by atoms with Crippen LogP contribution in [0.15, 0.2) is 29.4 Å². The van der Waals surface area contributed by atoms with Crippen LogP contribution in [0, 0.1) is 0 Å². The van der Waals surface area contributed by atoms with E-state index in [9.17, 15) is 0 Å². The first-order valence-corrected chi connectivity index (χ1v) is 6.65. The van der Waals surface area contributed by atoms with Crippen LogP contribution in [-0.4, -0.2) is 31.6 Å². The van der Waals surface area contributed by atoms with Crippen LogP contribution in [0.3, 0.4) is 0 Å². The van der Waals surface area contributed by atoms with Gasteiger partial charge in [-0.2, -0.15) is 0 Å². The fraction of sp³-hybridized carbons (Fsp3) is 0.500. The van der Waals surface area contributed by atoms with Gasteiger partial charge in [0.05, 0.1) is 18.7 Å². The number of hydrogen-bond acceptors (Lipinski definition) is 4. The second kappa shape index (κ2) is 5.80. The van der Waals surface area contributed by atoms with Gasteiger partial charge in [0.2, 0.25) is 5.79 Å². The van der Waals surface area contributed by atoms with Crippen molar-refractivity contribution in [2.45, 2.75) is 25.0 Å². The minimum Gasteiger partial charge on any atom is -0.497 e. The van der Waals surface area contributed by atoms with Gasteiger partial charge in [-0.25, -0.2) is 0 Å². The summed E-state index contributed by atoms with van der Waals surface area (Å²) in [4.78, 5) is 5.37. The van der Waals surface area contributed by atoms with Crippen LogP contribution in [0.4, 0.5) is 0 Å². The lowest BCUT2D eigenvalue weighted by atomic mass is 9.87. The van der Waals surface area contributed by atoms with E-state index >= 15 is 0 Å². The van der Waals surface area contributed by atoms with E-state index in [1.807, 2.05) is 31.2 Å². The average molecular weight is 284 g/mol. The third-order valence-corrected chi connectivity index (χ3v) is 3.69. The number of hydrogen-bond donors (Lipinski definition) is 0. The molecular weight excluding hydrogens is 266 g/mol. The van der Waals surface area contributed by atoms with Gasteiger partial charge in [0.25, 0.3) is 0 Å². The third kappa shape index (κ3) is 3.01. The van der Waals surface area contributed by atoms with E-state index in [0.717, 1.165) is 17.0 Å². The number of rotatable bonds is 4. The second-order valence-corrected chi connectivity index (χ2v) is 4.94. The fourth-order valence-electron chi connectivity index (χ4n) is 2.13. The summed E-state index contributed by atoms with van der Waals surface area (Å²) < 4.78 is 10.5. The number of methoxy groups -OCH3 is 2. The van der Waals surface area contributed by atoms with Crippen LogP contribution in [0.25, 0.3) is 0 Å². The van der Waals surface area contributed by atoms with Crippen LogP contribution < -0.4 is 4.74 Å². The van der Waals surface area contributed by atoms with E-state index in [4.69, 9.17) is 25.9 Å². The lowest BCUT2D eigenvalue weighted by Gasteiger charge is -2.34. The Morgan fingerprint density at radius 2 is 2.05 bits per heavy atom. The highest BCUT2D eigenvalue weighted by Crippen LogP contribution is 2.35. The van der Waals surface area contributed by atoms with Gasteiger partial charge in [-0.05, 0) is 17.7 Å². The molecule has 4 nitrogen and oxygen atoms in total. The van der Waals surface area contributed by atoms with Gasteiger partial charge >= 0.3 is 0 Å². The molecule has 5 heteroatoms. The predicted octanol–water partition coefficient (Wildman–Crippen LogP) is 3.16. The normalized spacial score (nSPS) is 26.5. The van der Waals surface area contributed by atoms with Gasteiger partial charge in [-0.3, -0.25) is 0 Å². The second-order valence-electron chi connectivity index (χ2n) is 4.68. The maximum absolute atomic E-state index is 5.94. The standard InChI is InChI=1S/C14H18ClNO3/c1-14(18-3)8-12(13(9-15)16-19-14)10-4-6-11(17-2)7-5-10/h4-7,12H,8-9H2,1-3H3/t12-,14-/m0/s1. The van der Waals surface area contributed by atoms with E-state index in [2.05, 4.69) is 5.16 Å². The molecule has 0 N–H and O–H groups in total. The van der Waals surface area contributed by atoms with Gasteiger partial charge in [0.15, 0.2) is 0 Å². The average Bonchev–Trinajstić information content (AvgIpc) is 2.47. The number of nitrogens with zero attached hydrogens (tertiary/aromatic N) is 1. The highest BCUT2D eigenvalue weighted by atomic mass is 35.5. The number of oxime groups is 1. The molecular formula is C14H18ClNO3. The van der Waals surface area contributed by atoms with Crippen LogP contribution in [0.5, 0.6) is 5.75 Å². The Bertz CT molecular complexity index is 460. The minimum atomic E-state index is -0.708. The molecule has 1 aromatic rings. The smallest absolute Gasteiger partial charge is 0.234 e. The molecule has 0 saturated carbocycles. The van der Waals surface area contributed by atoms with Crippen LogP contribution in [0.2, 0.25) is 0 Å². The SMILES string of the molecule is COc1ccc([C@@H]2C[C@@](C)(OC)ON=C2CCl)cc1. The molecule has 104 valence electrons. The van der Waals surface area contributed by atoms with Crippen LogP contribution in [-0.2, 0) is 9.57 Å². The van der Waals surface area contributed by atoms with Crippen molar-refractivity contribution in [1.82, 2.24) is 0 Å². The first-order chi connectivity index (χ1) is 9.11. The van der Waals surface area contributed by atoms with E-state index in [1.165, 1.54) is 0 Å². The largest absolute Gasteiger partial charge is 0.497 e. The molecule has 0 amide bonds. The van der Waals surface area contributed by atoms with Gasteiger partial charge in [0, 0.05) is 26.4 Å². The number of alkyl halides is 1. The van der Waals surface area contributed by atoms with Crippen LogP contribution >= 0.6 is 11.6 Å². The van der Waals surface area contributed by atoms with Gasteiger partial charge in [0.1, 0.15) is 5.75 Å². The molecule has 1 aliphatic rings. The molecule has 0 fully saturated rings. The molecule has 1 aromatic carbocycles. The maximum Gasteiger partial charge on any atom is 0.234 e. The summed E-state index contributed by atoms with van der Waals surface area (Å²) >= 11 is 5.94. The van der Waals surface area contributed by atoms with Crippen molar-refractivity contribution in [3.05, 3.63) is 29.8 Å². The molecule has 0 radical (unpaired) electrons. The first kappa shape index (κ1) is 14.2. The van der Waals surface area contributed by atoms with Crippen molar-refractivity contribution in [1.29, 1.82) is 0 Å². The highest BCUT2D eigenvalue weighted by molar-refractivity contribution is 6.29. The van der Waals surface area contributed by atoms with Crippen molar-refractivity contribution < 1.29 is 14.3 Å². The number of ether oxygens (including phenoxy) is 2. The van der Waals surface area contributed by atoms with E-state index in [1.54, 1.807) is 14.2 Å². The monoisotopic (exact) mass is 283 g/mol. The third-order valence-electron chi connectivity index (χ3n) is 3.42. The zero-order chi connectivity index (χ0) is 13.9. The molecule has 0 unspecified atom stereocenters. The summed E-state index contributed by atoms with van der Waals surface area (Å²) in [5.41, 5.74) is 1.95. The van der Waals surface area contributed by atoms with Crippen molar-refractivity contribution >= 4 is 17.3 Å². The fourth-order valence-corrected chi connectivity index (χ4v) is 2.36. The lowest BCUT2D eigenvalue weighted by molar-refractivity contribution is -0.221. The van der Waals surface area contributed by atoms with E-state index in [0.29, 0.717) is 12.3 Å². The minimum absolute atomic E-state index is 0.0992. The van der Waals surface area contributed by atoms with Crippen LogP contribution in [0.1, 0.15) is 24.8 Å². The Morgan fingerprint density at radius 3 is 2.58 bits per heavy atom. The Kier molecular flexibility index (Phi) is 4.32. The first-order valence-electron chi connectivity index (χ1n) is 6.12. The molecule has 0 aromatic heterocycles. The zero-order valence-electron chi connectivity index (χ0n) is 11.4. The van der Waals surface area contributed by atoms with Crippen molar-refractivity contribution in [2.24, 2.45) is 5.16 Å². The molecule has 1 aliphatic heterocycles. The molecule has 0 aliphatic carbocycles. The molecule has 2 atom stereocenters. The molecule has 0 spiro atoms. The maximum atomic E-state index is 5.94. The number of benzene rings is 1. The highest BCUT2D eigenvalue weighted by Gasteiger charge is 2.37. The quantitative estimate of drug-likeness (QED) is 0.797. The Hall–Kier alpha value is -1.26. The molecule has 1 heterocycles. The molecule has 0 saturated heterocycles. The zero-order valence-corrected chi connectivity index (χ0v) is 12.1. The van der Waals surface area contributed by atoms with Crippen molar-refractivity contribution in [2.75, 3.05) is 20.1 Å². The molecule has 19 heavy (non-hydrogen) atoms. The summed E-state index contributed by atoms with van der Waals surface area (Å²) in [6.07, 6.45) is 0.682. The lowest BCUT2D eigenvalue weighted by Crippen LogP contribution is -2.38. The predicted molar refractivity (Wildman–Crippen MR) is 75.0 cm³/mol. The summed E-state index contributed by atoms with van der Waals surface area (Å²) in [7, 11) is 3.27. The van der Waals surface area contributed by atoms with Gasteiger partial charge in [-0.1, -0.05) is 17.3 Å². The van der Waals surface area contributed by atoms with Gasteiger partial charge in [-0.15, -0.1) is 11.6 Å². The Labute approximate surface area is 118 Å². The van der Waals surface area contributed by atoms with E-state index in [-0.39, 0.29) is 5.92 Å². The molecule has 2 rings (SSSR count). The van der Waals surface area contributed by atoms with Gasteiger partial charge < -0.3 is 14.3 Å². The molecule has 0 bridgehead atoms. The van der Waals surface area contributed by atoms with E-state index < -0.39 is 5.79 Å². The summed E-state index contributed by atoms with van der Waals surface area (Å²) in [6.45, 7) is 1.87. The Morgan fingerprint density at radius 1 is 1.37 bits per heavy atom. The summed E-state index contributed by atoms with van der Waals surface area (Å²) in [5, 5.41) is 4.10. The van der Waals surface area contributed by atoms with Crippen molar-refractivity contribution in [3.8, 4) is 5.75 Å². The Balaban J connectivity index is 2.28. The number of halogens is 1. The summed E-state index contributed by atoms with van der Waals surface area (Å²) in [6, 6.07) is 7.90. The summed E-state index contributed by atoms with van der Waals surface area (Å²) in [5.74, 6) is 0.563. The van der Waals surface area contributed by atoms with Crippen molar-refractivity contribution in [3.63, 3.8) is 0 Å².